The van der Waals surface area contributed by atoms with Crippen LogP contribution in [-0.4, -0.2) is 28.7 Å². The van der Waals surface area contributed by atoms with Crippen molar-refractivity contribution < 1.29 is 9.50 Å². The van der Waals surface area contributed by atoms with Crippen LogP contribution in [0.2, 0.25) is 0 Å². The average molecular weight is 255 g/mol. The van der Waals surface area contributed by atoms with Crippen molar-refractivity contribution in [1.29, 1.82) is 0 Å². The van der Waals surface area contributed by atoms with E-state index in [0.717, 1.165) is 13.1 Å². The highest BCUT2D eigenvalue weighted by molar-refractivity contribution is 8.00. The first-order valence-corrected chi connectivity index (χ1v) is 6.84. The first-order chi connectivity index (χ1) is 8.11. The highest BCUT2D eigenvalue weighted by atomic mass is 32.2. The molecule has 0 amide bonds. The van der Waals surface area contributed by atoms with Crippen LogP contribution < -0.4 is 4.90 Å². The summed E-state index contributed by atoms with van der Waals surface area (Å²) in [5.41, 5.74) is 1.25. The molecule has 2 nitrogen and oxygen atoms in total. The molecular weight excluding hydrogens is 237 g/mol. The minimum Gasteiger partial charge on any atom is -0.392 e. The zero-order valence-corrected chi connectivity index (χ0v) is 11.0. The van der Waals surface area contributed by atoms with E-state index >= 15 is 0 Å². The molecule has 0 saturated carbocycles. The van der Waals surface area contributed by atoms with E-state index in [0.29, 0.717) is 21.8 Å². The van der Waals surface area contributed by atoms with E-state index in [2.05, 4.69) is 18.7 Å². The molecule has 1 aromatic carbocycles. The summed E-state index contributed by atoms with van der Waals surface area (Å²) in [5.74, 6) is -0.233. The summed E-state index contributed by atoms with van der Waals surface area (Å²) in [7, 11) is 0. The predicted octanol–water partition coefficient (Wildman–Crippen LogP) is 2.65. The summed E-state index contributed by atoms with van der Waals surface area (Å²) in [5, 5.41) is 10.3. The third kappa shape index (κ3) is 2.75. The van der Waals surface area contributed by atoms with E-state index < -0.39 is 0 Å². The molecule has 1 aromatic rings. The van der Waals surface area contributed by atoms with Crippen LogP contribution in [0.15, 0.2) is 18.2 Å². The molecule has 0 spiro atoms. The quantitative estimate of drug-likeness (QED) is 0.879. The zero-order chi connectivity index (χ0) is 12.4. The van der Waals surface area contributed by atoms with Gasteiger partial charge in [-0.15, -0.1) is 0 Å². The number of hydrogen-bond acceptors (Lipinski definition) is 3. The first kappa shape index (κ1) is 12.7. The Labute approximate surface area is 106 Å². The number of nitrogens with zero attached hydrogens (tertiary/aromatic N) is 1. The van der Waals surface area contributed by atoms with Crippen molar-refractivity contribution in [3.63, 3.8) is 0 Å². The molecule has 2 unspecified atom stereocenters. The highest BCUT2D eigenvalue weighted by Crippen LogP contribution is 2.32. The number of aliphatic hydroxyl groups excluding tert-OH is 1. The van der Waals surface area contributed by atoms with Crippen LogP contribution in [0.1, 0.15) is 19.4 Å². The number of hydrogen-bond donors (Lipinski definition) is 1. The maximum atomic E-state index is 13.9. The van der Waals surface area contributed by atoms with Gasteiger partial charge in [-0.05, 0) is 6.07 Å². The molecule has 4 heteroatoms. The molecule has 0 bridgehead atoms. The molecule has 94 valence electrons. The highest BCUT2D eigenvalue weighted by Gasteiger charge is 2.25. The second kappa shape index (κ2) is 5.27. The molecule has 1 saturated heterocycles. The molecule has 1 fully saturated rings. The topological polar surface area (TPSA) is 23.5 Å². The number of rotatable bonds is 2. The fraction of sp³-hybridized carbons (Fsp3) is 0.538. The molecule has 2 atom stereocenters. The summed E-state index contributed by atoms with van der Waals surface area (Å²) in [6.45, 7) is 5.88. The summed E-state index contributed by atoms with van der Waals surface area (Å²) in [6, 6.07) is 4.90. The lowest BCUT2D eigenvalue weighted by molar-refractivity contribution is 0.281. The van der Waals surface area contributed by atoms with E-state index in [9.17, 15) is 9.50 Å². The normalized spacial score (nSPS) is 25.1. The second-order valence-electron chi connectivity index (χ2n) is 4.57. The van der Waals surface area contributed by atoms with Crippen LogP contribution in [0.5, 0.6) is 0 Å². The minimum atomic E-state index is -0.233. The Morgan fingerprint density at radius 3 is 2.59 bits per heavy atom. The van der Waals surface area contributed by atoms with Crippen LogP contribution in [0.4, 0.5) is 10.1 Å². The Morgan fingerprint density at radius 2 is 2.00 bits per heavy atom. The molecular formula is C13H18FNOS. The van der Waals surface area contributed by atoms with Crippen molar-refractivity contribution in [1.82, 2.24) is 0 Å². The van der Waals surface area contributed by atoms with Crippen molar-refractivity contribution in [2.75, 3.05) is 18.0 Å². The number of aliphatic hydroxyl groups is 1. The SMILES string of the molecule is CC1CN(c2c(F)cccc2CO)CC(C)S1. The van der Waals surface area contributed by atoms with Gasteiger partial charge in [0.05, 0.1) is 12.3 Å². The van der Waals surface area contributed by atoms with Crippen molar-refractivity contribution in [3.8, 4) is 0 Å². The smallest absolute Gasteiger partial charge is 0.146 e. The fourth-order valence-electron chi connectivity index (χ4n) is 2.40. The van der Waals surface area contributed by atoms with Gasteiger partial charge in [-0.25, -0.2) is 4.39 Å². The van der Waals surface area contributed by atoms with Gasteiger partial charge >= 0.3 is 0 Å². The summed E-state index contributed by atoms with van der Waals surface area (Å²) in [6.07, 6.45) is 0. The van der Waals surface area contributed by atoms with Gasteiger partial charge in [0, 0.05) is 29.2 Å². The van der Waals surface area contributed by atoms with Crippen LogP contribution in [0.3, 0.4) is 0 Å². The molecule has 1 heterocycles. The zero-order valence-electron chi connectivity index (χ0n) is 10.2. The molecule has 17 heavy (non-hydrogen) atoms. The maximum absolute atomic E-state index is 13.9. The molecule has 0 aliphatic carbocycles. The van der Waals surface area contributed by atoms with E-state index in [-0.39, 0.29) is 12.4 Å². The van der Waals surface area contributed by atoms with Crippen molar-refractivity contribution in [2.45, 2.75) is 31.0 Å². The molecule has 0 aromatic heterocycles. The van der Waals surface area contributed by atoms with Gasteiger partial charge in [0.25, 0.3) is 0 Å². The minimum absolute atomic E-state index is 0.112. The van der Waals surface area contributed by atoms with Crippen LogP contribution in [0, 0.1) is 5.82 Å². The number of anilines is 1. The van der Waals surface area contributed by atoms with E-state index in [1.807, 2.05) is 11.8 Å². The number of benzene rings is 1. The van der Waals surface area contributed by atoms with Gasteiger partial charge in [-0.2, -0.15) is 11.8 Å². The average Bonchev–Trinajstić information content (AvgIpc) is 2.27. The Balaban J connectivity index is 2.32. The number of thioether (sulfide) groups is 1. The Bertz CT molecular complexity index is 389. The summed E-state index contributed by atoms with van der Waals surface area (Å²) < 4.78 is 13.9. The Morgan fingerprint density at radius 1 is 1.35 bits per heavy atom. The molecule has 1 aliphatic heterocycles. The van der Waals surface area contributed by atoms with Crippen molar-refractivity contribution in [3.05, 3.63) is 29.6 Å². The van der Waals surface area contributed by atoms with Gasteiger partial charge in [0.1, 0.15) is 5.82 Å². The number of halogens is 1. The van der Waals surface area contributed by atoms with Gasteiger partial charge in [0.15, 0.2) is 0 Å². The number of para-hydroxylation sites is 1. The molecule has 0 radical (unpaired) electrons. The second-order valence-corrected chi connectivity index (χ2v) is 6.45. The van der Waals surface area contributed by atoms with Crippen molar-refractivity contribution in [2.24, 2.45) is 0 Å². The maximum Gasteiger partial charge on any atom is 0.146 e. The van der Waals surface area contributed by atoms with Crippen LogP contribution >= 0.6 is 11.8 Å². The van der Waals surface area contributed by atoms with Gasteiger partial charge < -0.3 is 10.0 Å². The molecule has 1 aliphatic rings. The predicted molar refractivity (Wildman–Crippen MR) is 71.1 cm³/mol. The fourth-order valence-corrected chi connectivity index (χ4v) is 3.73. The molecule has 2 rings (SSSR count). The monoisotopic (exact) mass is 255 g/mol. The largest absolute Gasteiger partial charge is 0.392 e. The lowest BCUT2D eigenvalue weighted by atomic mass is 10.1. The van der Waals surface area contributed by atoms with Gasteiger partial charge in [-0.1, -0.05) is 26.0 Å². The van der Waals surface area contributed by atoms with E-state index in [4.69, 9.17) is 0 Å². The first-order valence-electron chi connectivity index (χ1n) is 5.90. The third-order valence-electron chi connectivity index (χ3n) is 2.98. The lowest BCUT2D eigenvalue weighted by Gasteiger charge is -2.37. The van der Waals surface area contributed by atoms with Gasteiger partial charge in [-0.3, -0.25) is 0 Å². The van der Waals surface area contributed by atoms with Crippen molar-refractivity contribution >= 4 is 17.4 Å². The Hall–Kier alpha value is -0.740. The van der Waals surface area contributed by atoms with E-state index in [1.165, 1.54) is 6.07 Å². The lowest BCUT2D eigenvalue weighted by Crippen LogP contribution is -2.41. The van der Waals surface area contributed by atoms with Crippen LogP contribution in [0.25, 0.3) is 0 Å². The standard InChI is InChI=1S/C13H18FNOS/c1-9-6-15(7-10(2)17-9)13-11(8-16)4-3-5-12(13)14/h3-5,9-10,16H,6-8H2,1-2H3. The van der Waals surface area contributed by atoms with Gasteiger partial charge in [0.2, 0.25) is 0 Å². The summed E-state index contributed by atoms with van der Waals surface area (Å²) in [4.78, 5) is 2.06. The molecule has 1 N–H and O–H groups in total. The Kier molecular flexibility index (Phi) is 3.94. The van der Waals surface area contributed by atoms with E-state index in [1.54, 1.807) is 12.1 Å². The summed E-state index contributed by atoms with van der Waals surface area (Å²) >= 11 is 1.93. The third-order valence-corrected chi connectivity index (χ3v) is 4.20. The van der Waals surface area contributed by atoms with Crippen LogP contribution in [-0.2, 0) is 6.61 Å².